The molecule has 0 unspecified atom stereocenters. The number of amides is 3. The lowest BCUT2D eigenvalue weighted by Crippen LogP contribution is -2.53. The van der Waals surface area contributed by atoms with E-state index in [1.165, 1.54) is 19.1 Å². The van der Waals surface area contributed by atoms with Crippen molar-refractivity contribution in [2.45, 2.75) is 75.7 Å². The van der Waals surface area contributed by atoms with Crippen molar-refractivity contribution in [2.75, 3.05) is 18.2 Å². The highest BCUT2D eigenvalue weighted by atomic mass is 32.2. The fourth-order valence-electron chi connectivity index (χ4n) is 7.58. The molecule has 18 heteroatoms. The number of fused-ring (bicyclic) bond motifs is 6. The molecule has 3 amide bonds. The van der Waals surface area contributed by atoms with E-state index in [4.69, 9.17) is 14.5 Å². The van der Waals surface area contributed by atoms with Gasteiger partial charge in [0.2, 0.25) is 26.0 Å². The van der Waals surface area contributed by atoms with Crippen LogP contribution in [0.3, 0.4) is 0 Å². The molecule has 6 heterocycles. The lowest BCUT2D eigenvalue weighted by atomic mass is 9.86. The summed E-state index contributed by atoms with van der Waals surface area (Å²) in [6.45, 7) is 6.93. The van der Waals surface area contributed by atoms with E-state index < -0.39 is 51.2 Å². The number of hydrogen-bond donors (Lipinski definition) is 4. The number of esters is 1. The van der Waals surface area contributed by atoms with Crippen molar-refractivity contribution in [1.82, 2.24) is 25.2 Å². The Morgan fingerprint density at radius 2 is 1.74 bits per heavy atom. The number of aromatic nitrogens is 3. The smallest absolute Gasteiger partial charge is 0.343 e. The molecule has 0 aliphatic carbocycles. The molecule has 4 N–H and O–H groups in total. The normalized spacial score (nSPS) is 17.9. The van der Waals surface area contributed by atoms with Gasteiger partial charge in [-0.3, -0.25) is 19.2 Å². The first kappa shape index (κ1) is 38.2. The molecule has 3 atom stereocenters. The van der Waals surface area contributed by atoms with Crippen molar-refractivity contribution >= 4 is 71.7 Å². The van der Waals surface area contributed by atoms with Gasteiger partial charge in [-0.25, -0.2) is 23.2 Å². The fourth-order valence-corrected chi connectivity index (χ4v) is 9.46. The standard InChI is InChI=1S/C39H38N6O10S2/c1-6-39(51)23-14-27-31-21(15-45(27)36(49)22(23)16-55-37(39)50)20-11-12-54-32-26(10-9-25(41-31)29(20)32)42-33(46)18(4)40-35(48)30(17(2)3)44-34(47)19-7-8-24-28(13-19)56-38(43-24)57(5,52)53/h7-10,13-14,17-18,30,51H,6,11-12,15-16H2,1-5H3,(H,40,48)(H,42,46)(H,44,47)/t18-,30-,39-/m0/s1. The predicted molar refractivity (Wildman–Crippen MR) is 209 cm³/mol. The predicted octanol–water partition coefficient (Wildman–Crippen LogP) is 2.93. The number of cyclic esters (lactones) is 1. The minimum Gasteiger partial charge on any atom is -0.490 e. The average molecular weight is 815 g/mol. The zero-order valence-corrected chi connectivity index (χ0v) is 33.1. The molecule has 0 radical (unpaired) electrons. The van der Waals surface area contributed by atoms with E-state index in [2.05, 4.69) is 20.9 Å². The number of sulfone groups is 1. The number of nitrogens with zero attached hydrogens (tertiary/aromatic N) is 3. The summed E-state index contributed by atoms with van der Waals surface area (Å²) in [5.74, 6) is -2.44. The molecule has 2 aromatic carbocycles. The van der Waals surface area contributed by atoms with Crippen LogP contribution in [0, 0.1) is 5.92 Å². The van der Waals surface area contributed by atoms with Crippen molar-refractivity contribution in [3.63, 3.8) is 0 Å². The van der Waals surface area contributed by atoms with Crippen LogP contribution in [0.1, 0.15) is 66.7 Å². The Kier molecular flexibility index (Phi) is 9.20. The third kappa shape index (κ3) is 6.31. The molecule has 3 aliphatic heterocycles. The van der Waals surface area contributed by atoms with Gasteiger partial charge in [0.05, 0.1) is 51.5 Å². The van der Waals surface area contributed by atoms with Gasteiger partial charge in [-0.15, -0.1) is 11.3 Å². The first-order valence-electron chi connectivity index (χ1n) is 18.3. The van der Waals surface area contributed by atoms with E-state index >= 15 is 0 Å². The maximum absolute atomic E-state index is 13.7. The second-order valence-corrected chi connectivity index (χ2v) is 18.0. The highest BCUT2D eigenvalue weighted by Crippen LogP contribution is 2.45. The minimum absolute atomic E-state index is 0.0289. The van der Waals surface area contributed by atoms with E-state index in [1.54, 1.807) is 49.6 Å². The lowest BCUT2D eigenvalue weighted by Gasteiger charge is -2.31. The number of pyridine rings is 2. The SMILES string of the molecule is CC[C@@]1(O)C(=O)OCc2c1cc1n(c2=O)Cc2c-1nc1ccc(NC(=O)[C@H](C)NC(=O)[C@@H](NC(=O)c3ccc4nc(S(C)(=O)=O)sc4c3)C(C)C)c3c1c2CCO3. The molecule has 3 aromatic heterocycles. The van der Waals surface area contributed by atoms with Gasteiger partial charge in [-0.2, -0.15) is 0 Å². The molecule has 16 nitrogen and oxygen atoms in total. The van der Waals surface area contributed by atoms with Gasteiger partial charge >= 0.3 is 5.97 Å². The van der Waals surface area contributed by atoms with Crippen molar-refractivity contribution in [1.29, 1.82) is 0 Å². The quantitative estimate of drug-likeness (QED) is 0.155. The lowest BCUT2D eigenvalue weighted by molar-refractivity contribution is -0.172. The van der Waals surface area contributed by atoms with E-state index in [0.717, 1.165) is 28.7 Å². The van der Waals surface area contributed by atoms with Gasteiger partial charge < -0.3 is 35.1 Å². The van der Waals surface area contributed by atoms with E-state index in [9.17, 15) is 37.5 Å². The molecule has 3 aliphatic rings. The van der Waals surface area contributed by atoms with Crippen LogP contribution in [0.15, 0.2) is 45.5 Å². The zero-order chi connectivity index (χ0) is 40.7. The molecular formula is C39H38N6O10S2. The van der Waals surface area contributed by atoms with Crippen molar-refractivity contribution in [3.8, 4) is 17.1 Å². The van der Waals surface area contributed by atoms with Gasteiger partial charge in [-0.05, 0) is 61.2 Å². The van der Waals surface area contributed by atoms with Crippen molar-refractivity contribution in [2.24, 2.45) is 5.92 Å². The zero-order valence-electron chi connectivity index (χ0n) is 31.5. The summed E-state index contributed by atoms with van der Waals surface area (Å²) in [5.41, 5.74) is 2.45. The summed E-state index contributed by atoms with van der Waals surface area (Å²) in [6, 6.07) is 7.56. The molecule has 0 bridgehead atoms. The summed E-state index contributed by atoms with van der Waals surface area (Å²) >= 11 is 0.947. The molecule has 296 valence electrons. The average Bonchev–Trinajstić information content (AvgIpc) is 3.78. The van der Waals surface area contributed by atoms with Gasteiger partial charge in [0, 0.05) is 34.8 Å². The molecule has 57 heavy (non-hydrogen) atoms. The van der Waals surface area contributed by atoms with Crippen molar-refractivity contribution in [3.05, 3.63) is 74.6 Å². The number of benzene rings is 2. The van der Waals surface area contributed by atoms with Gasteiger partial charge in [0.1, 0.15) is 18.7 Å². The Balaban J connectivity index is 1.01. The van der Waals surface area contributed by atoms with Crippen LogP contribution in [-0.2, 0) is 54.1 Å². The Morgan fingerprint density at radius 3 is 2.46 bits per heavy atom. The van der Waals surface area contributed by atoms with Crippen LogP contribution in [-0.4, -0.2) is 76.7 Å². The molecule has 0 saturated carbocycles. The summed E-state index contributed by atoms with van der Waals surface area (Å²) < 4.78 is 37.2. The number of aliphatic hydroxyl groups is 1. The van der Waals surface area contributed by atoms with Crippen LogP contribution in [0.2, 0.25) is 0 Å². The Bertz CT molecular complexity index is 2780. The van der Waals surface area contributed by atoms with Gasteiger partial charge in [0.15, 0.2) is 11.4 Å². The summed E-state index contributed by atoms with van der Waals surface area (Å²) in [5, 5.41) is 20.2. The second-order valence-electron chi connectivity index (χ2n) is 14.8. The molecule has 0 spiro atoms. The molecule has 5 aromatic rings. The topological polar surface area (TPSA) is 225 Å². The van der Waals surface area contributed by atoms with Crippen LogP contribution in [0.5, 0.6) is 5.75 Å². The number of thiazole rings is 1. The second kappa shape index (κ2) is 13.7. The highest BCUT2D eigenvalue weighted by molar-refractivity contribution is 7.92. The first-order chi connectivity index (χ1) is 27.0. The number of carbonyl (C=O) groups excluding carboxylic acids is 4. The number of hydrogen-bond acceptors (Lipinski definition) is 13. The number of ether oxygens (including phenoxy) is 2. The van der Waals surface area contributed by atoms with Crippen LogP contribution < -0.4 is 26.2 Å². The van der Waals surface area contributed by atoms with Crippen LogP contribution >= 0.6 is 11.3 Å². The van der Waals surface area contributed by atoms with Gasteiger partial charge in [-0.1, -0.05) is 20.8 Å². The third-order valence-electron chi connectivity index (χ3n) is 10.7. The van der Waals surface area contributed by atoms with Crippen LogP contribution in [0.4, 0.5) is 5.69 Å². The number of carbonyl (C=O) groups is 4. The summed E-state index contributed by atoms with van der Waals surface area (Å²) in [7, 11) is -3.53. The molecular weight excluding hydrogens is 777 g/mol. The molecule has 0 saturated heterocycles. The highest BCUT2D eigenvalue weighted by Gasteiger charge is 2.45. The van der Waals surface area contributed by atoms with Gasteiger partial charge in [0.25, 0.3) is 11.5 Å². The van der Waals surface area contributed by atoms with Crippen LogP contribution in [0.25, 0.3) is 32.5 Å². The third-order valence-corrected chi connectivity index (χ3v) is 13.4. The number of rotatable bonds is 9. The first-order valence-corrected chi connectivity index (χ1v) is 21.0. The van der Waals surface area contributed by atoms with Crippen molar-refractivity contribution < 1.29 is 42.2 Å². The molecule has 0 fully saturated rings. The Morgan fingerprint density at radius 1 is 0.982 bits per heavy atom. The maximum Gasteiger partial charge on any atom is 0.343 e. The Labute approximate surface area is 329 Å². The fraction of sp³-hybridized carbons (Fsp3) is 0.359. The number of nitrogens with one attached hydrogen (secondary N) is 3. The molecule has 8 rings (SSSR count). The largest absolute Gasteiger partial charge is 0.490 e. The van der Waals surface area contributed by atoms with E-state index in [1.807, 2.05) is 0 Å². The number of anilines is 1. The van der Waals surface area contributed by atoms with E-state index in [-0.39, 0.29) is 58.7 Å². The monoisotopic (exact) mass is 814 g/mol. The Hall–Kier alpha value is -5.72. The van der Waals surface area contributed by atoms with E-state index in [0.29, 0.717) is 50.4 Å². The minimum atomic E-state index is -3.53. The maximum atomic E-state index is 13.7. The summed E-state index contributed by atoms with van der Waals surface area (Å²) in [4.78, 5) is 75.7. The summed E-state index contributed by atoms with van der Waals surface area (Å²) in [6.07, 6.45) is 1.59.